The molecule has 6 atom stereocenters. The highest BCUT2D eigenvalue weighted by atomic mass is 32.2. The Bertz CT molecular complexity index is 642. The Morgan fingerprint density at radius 3 is 2.71 bits per heavy atom. The molecule has 2 N–H and O–H groups in total. The number of thioether (sulfide) groups is 1. The molecule has 0 aromatic heterocycles. The van der Waals surface area contributed by atoms with E-state index in [0.29, 0.717) is 19.4 Å². The van der Waals surface area contributed by atoms with Crippen LogP contribution in [0.5, 0.6) is 0 Å². The minimum atomic E-state index is -0.587. The van der Waals surface area contributed by atoms with E-state index in [0.717, 1.165) is 6.42 Å². The lowest BCUT2D eigenvalue weighted by atomic mass is 9.66. The predicted molar refractivity (Wildman–Crippen MR) is 107 cm³/mol. The van der Waals surface area contributed by atoms with Gasteiger partial charge >= 0.3 is 5.97 Å². The van der Waals surface area contributed by atoms with Gasteiger partial charge in [-0.05, 0) is 46.0 Å². The summed E-state index contributed by atoms with van der Waals surface area (Å²) in [5.41, 5.74) is 0. The van der Waals surface area contributed by atoms with Gasteiger partial charge in [-0.25, -0.2) is 0 Å². The van der Waals surface area contributed by atoms with Gasteiger partial charge in [-0.1, -0.05) is 6.92 Å². The number of fused-ring (bicyclic) bond motifs is 1. The fraction of sp³-hybridized carbons (Fsp3) is 0.850. The second-order valence-corrected chi connectivity index (χ2v) is 9.98. The molecule has 0 aromatic rings. The van der Waals surface area contributed by atoms with Crippen LogP contribution in [0.3, 0.4) is 0 Å². The van der Waals surface area contributed by atoms with Crippen LogP contribution in [0.25, 0.3) is 0 Å². The zero-order valence-electron chi connectivity index (χ0n) is 17.1. The third-order valence-electron chi connectivity index (χ3n) is 6.29. The summed E-state index contributed by atoms with van der Waals surface area (Å²) in [6.07, 6.45) is 2.02. The van der Waals surface area contributed by atoms with Crippen LogP contribution in [0, 0.1) is 17.8 Å². The van der Waals surface area contributed by atoms with Gasteiger partial charge in [-0.2, -0.15) is 0 Å². The molecule has 28 heavy (non-hydrogen) atoms. The molecular weight excluding hydrogens is 380 g/mol. The van der Waals surface area contributed by atoms with Crippen molar-refractivity contribution < 1.29 is 24.2 Å². The summed E-state index contributed by atoms with van der Waals surface area (Å²) in [4.78, 5) is 41.1. The van der Waals surface area contributed by atoms with Crippen LogP contribution >= 0.6 is 11.8 Å². The third-order valence-corrected chi connectivity index (χ3v) is 8.37. The molecule has 8 heteroatoms. The molecule has 0 radical (unpaired) electrons. The Morgan fingerprint density at radius 2 is 2.11 bits per heavy atom. The van der Waals surface area contributed by atoms with Gasteiger partial charge in [-0.3, -0.25) is 14.4 Å². The summed E-state index contributed by atoms with van der Waals surface area (Å²) in [6.45, 7) is 8.44. The number of nitrogens with one attached hydrogen (secondary N) is 1. The number of carbonyl (C=O) groups is 3. The molecule has 7 nitrogen and oxygen atoms in total. The highest BCUT2D eigenvalue weighted by molar-refractivity contribution is 8.02. The molecule has 3 aliphatic rings. The number of likely N-dealkylation sites (tertiary alicyclic amines) is 1. The molecule has 2 bridgehead atoms. The first-order valence-corrected chi connectivity index (χ1v) is 11.2. The van der Waals surface area contributed by atoms with E-state index in [1.807, 2.05) is 13.8 Å². The van der Waals surface area contributed by atoms with Crippen LogP contribution in [0.1, 0.15) is 47.0 Å². The summed E-state index contributed by atoms with van der Waals surface area (Å²) < 4.78 is 4.72. The van der Waals surface area contributed by atoms with Crippen molar-refractivity contribution in [2.75, 3.05) is 19.8 Å². The number of amides is 2. The molecule has 158 valence electrons. The van der Waals surface area contributed by atoms with Crippen LogP contribution < -0.4 is 5.32 Å². The van der Waals surface area contributed by atoms with Crippen molar-refractivity contribution in [2.24, 2.45) is 17.8 Å². The van der Waals surface area contributed by atoms with E-state index < -0.39 is 22.6 Å². The number of hydrogen-bond acceptors (Lipinski definition) is 6. The van der Waals surface area contributed by atoms with E-state index >= 15 is 0 Å². The van der Waals surface area contributed by atoms with E-state index in [2.05, 4.69) is 12.2 Å². The van der Waals surface area contributed by atoms with Gasteiger partial charge in [0, 0.05) is 24.4 Å². The van der Waals surface area contributed by atoms with Crippen molar-refractivity contribution in [3.8, 4) is 0 Å². The van der Waals surface area contributed by atoms with Gasteiger partial charge in [0.25, 0.3) is 0 Å². The van der Waals surface area contributed by atoms with Gasteiger partial charge < -0.3 is 20.1 Å². The smallest absolute Gasteiger partial charge is 0.310 e. The Hall–Kier alpha value is -1.28. The maximum atomic E-state index is 13.5. The van der Waals surface area contributed by atoms with Crippen molar-refractivity contribution in [3.63, 3.8) is 0 Å². The van der Waals surface area contributed by atoms with Crippen LogP contribution in [0.15, 0.2) is 0 Å². The Labute approximate surface area is 170 Å². The molecular formula is C20H32N2O5S. The molecule has 2 amide bonds. The number of aliphatic hydroxyl groups excluding tert-OH is 1. The zero-order chi connectivity index (χ0) is 20.6. The average molecular weight is 413 g/mol. The van der Waals surface area contributed by atoms with Crippen molar-refractivity contribution in [3.05, 3.63) is 0 Å². The topological polar surface area (TPSA) is 95.9 Å². The number of carbonyl (C=O) groups excluding carboxylic acids is 3. The van der Waals surface area contributed by atoms with Gasteiger partial charge in [-0.15, -0.1) is 11.8 Å². The first kappa shape index (κ1) is 21.4. The monoisotopic (exact) mass is 412 g/mol. The normalized spacial score (nSPS) is 36.1. The van der Waals surface area contributed by atoms with E-state index in [1.165, 1.54) is 0 Å². The first-order valence-electron chi connectivity index (χ1n) is 10.4. The quantitative estimate of drug-likeness (QED) is 0.459. The predicted octanol–water partition coefficient (Wildman–Crippen LogP) is 1.18. The van der Waals surface area contributed by atoms with E-state index in [1.54, 1.807) is 23.6 Å². The Kier molecular flexibility index (Phi) is 6.29. The highest BCUT2D eigenvalue weighted by Gasteiger charge is 2.76. The molecule has 3 saturated heterocycles. The van der Waals surface area contributed by atoms with Crippen LogP contribution in [-0.2, 0) is 19.1 Å². The number of aliphatic hydroxyl groups is 1. The summed E-state index contributed by atoms with van der Waals surface area (Å²) >= 11 is 1.66. The lowest BCUT2D eigenvalue weighted by Gasteiger charge is -2.38. The van der Waals surface area contributed by atoms with Gasteiger partial charge in [0.15, 0.2) is 0 Å². The number of nitrogens with zero attached hydrogens (tertiary/aromatic N) is 1. The molecule has 3 fully saturated rings. The number of esters is 1. The molecule has 0 saturated carbocycles. The fourth-order valence-corrected chi connectivity index (χ4v) is 7.73. The van der Waals surface area contributed by atoms with Crippen molar-refractivity contribution >= 4 is 29.5 Å². The number of unbranched alkanes of at least 4 members (excludes halogenated alkanes) is 1. The number of hydrogen-bond donors (Lipinski definition) is 2. The van der Waals surface area contributed by atoms with Gasteiger partial charge in [0.05, 0.1) is 23.2 Å². The summed E-state index contributed by atoms with van der Waals surface area (Å²) in [5, 5.41) is 12.2. The lowest BCUT2D eigenvalue weighted by Crippen LogP contribution is -2.57. The molecule has 3 aliphatic heterocycles. The Balaban J connectivity index is 1.99. The standard InChI is InChI=1S/C20H32N2O5S/c1-5-27-19(26)14-13-10-12(4)20(28-13)15(14)18(25)22(8-6-7-9-23)16(20)17(24)21-11(2)3/h11-16,23H,5-10H2,1-4H3,(H,21,24)/t12?,13-,14+,15-,16?,20?/m0/s1. The van der Waals surface area contributed by atoms with Crippen molar-refractivity contribution in [2.45, 2.75) is 69.0 Å². The molecule has 3 heterocycles. The molecule has 3 unspecified atom stereocenters. The minimum absolute atomic E-state index is 0.0249. The second kappa shape index (κ2) is 8.22. The minimum Gasteiger partial charge on any atom is -0.466 e. The molecule has 3 rings (SSSR count). The van der Waals surface area contributed by atoms with Crippen LogP contribution in [0.4, 0.5) is 0 Å². The largest absolute Gasteiger partial charge is 0.466 e. The molecule has 0 aromatic carbocycles. The summed E-state index contributed by atoms with van der Waals surface area (Å²) in [6, 6.07) is -0.618. The van der Waals surface area contributed by atoms with Crippen LogP contribution in [0.2, 0.25) is 0 Å². The molecule has 1 spiro atoms. The average Bonchev–Trinajstić information content (AvgIpc) is 3.19. The molecule has 0 aliphatic carbocycles. The summed E-state index contributed by atoms with van der Waals surface area (Å²) in [7, 11) is 0. The van der Waals surface area contributed by atoms with E-state index in [-0.39, 0.29) is 48.2 Å². The zero-order valence-corrected chi connectivity index (χ0v) is 18.0. The third kappa shape index (κ3) is 3.22. The fourth-order valence-electron chi connectivity index (χ4n) is 5.32. The van der Waals surface area contributed by atoms with Crippen LogP contribution in [-0.4, -0.2) is 69.6 Å². The van der Waals surface area contributed by atoms with E-state index in [4.69, 9.17) is 9.84 Å². The SMILES string of the molecule is CCOC(=O)[C@@H]1[C@@H]2CC(C)C3(S2)C(C(=O)NC(C)C)N(CCCCO)C(=O)[C@H]13. The van der Waals surface area contributed by atoms with Gasteiger partial charge in [0.1, 0.15) is 6.04 Å². The number of rotatable bonds is 8. The maximum Gasteiger partial charge on any atom is 0.310 e. The lowest BCUT2D eigenvalue weighted by molar-refractivity contribution is -0.154. The number of ether oxygens (including phenoxy) is 1. The second-order valence-electron chi connectivity index (χ2n) is 8.43. The van der Waals surface area contributed by atoms with E-state index in [9.17, 15) is 14.4 Å². The Morgan fingerprint density at radius 1 is 1.39 bits per heavy atom. The maximum absolute atomic E-state index is 13.5. The first-order chi connectivity index (χ1) is 13.3. The summed E-state index contributed by atoms with van der Waals surface area (Å²) in [5.74, 6) is -1.39. The van der Waals surface area contributed by atoms with Crippen molar-refractivity contribution in [1.82, 2.24) is 10.2 Å². The van der Waals surface area contributed by atoms with Crippen molar-refractivity contribution in [1.29, 1.82) is 0 Å². The van der Waals surface area contributed by atoms with Gasteiger partial charge in [0.2, 0.25) is 11.8 Å². The highest BCUT2D eigenvalue weighted by Crippen LogP contribution is 2.68.